The van der Waals surface area contributed by atoms with Crippen molar-refractivity contribution in [2.24, 2.45) is 0 Å². The molecule has 0 saturated carbocycles. The molecule has 1 rings (SSSR count). The number of rotatable bonds is 5. The molecule has 0 aromatic heterocycles. The van der Waals surface area contributed by atoms with Gasteiger partial charge in [-0.2, -0.15) is 0 Å². The number of amides is 1. The van der Waals surface area contributed by atoms with Gasteiger partial charge in [0.2, 0.25) is 0 Å². The highest BCUT2D eigenvalue weighted by Crippen LogP contribution is 2.31. The highest BCUT2D eigenvalue weighted by atomic mass is 19.3. The molecule has 0 aromatic rings. The summed E-state index contributed by atoms with van der Waals surface area (Å²) >= 11 is 0. The third kappa shape index (κ3) is 2.34. The first kappa shape index (κ1) is 11.7. The summed E-state index contributed by atoms with van der Waals surface area (Å²) in [6, 6.07) is -1.22. The first-order valence-electron chi connectivity index (χ1n) is 4.56. The van der Waals surface area contributed by atoms with Crippen LogP contribution in [0.2, 0.25) is 0 Å². The average molecular weight is 217 g/mol. The fraction of sp³-hybridized carbons (Fsp3) is 0.500. The number of cyclic esters (lactones) is 1. The molecular weight excluding hydrogens is 204 g/mol. The van der Waals surface area contributed by atoms with E-state index in [1.807, 2.05) is 0 Å². The van der Waals surface area contributed by atoms with Gasteiger partial charge in [-0.1, -0.05) is 12.2 Å². The van der Waals surface area contributed by atoms with Crippen LogP contribution in [0.5, 0.6) is 0 Å². The van der Waals surface area contributed by atoms with Crippen molar-refractivity contribution in [1.82, 2.24) is 4.90 Å². The molecule has 1 fully saturated rings. The van der Waals surface area contributed by atoms with Crippen molar-refractivity contribution in [2.75, 3.05) is 13.2 Å². The molecule has 0 unspecified atom stereocenters. The molecule has 1 heterocycles. The summed E-state index contributed by atoms with van der Waals surface area (Å²) in [6.45, 7) is 6.45. The lowest BCUT2D eigenvalue weighted by Gasteiger charge is -2.27. The molecule has 5 heteroatoms. The minimum atomic E-state index is -3.00. The number of carbonyl (C=O) groups is 1. The number of carbonyl (C=O) groups excluding carboxylic acids is 1. The van der Waals surface area contributed by atoms with Crippen LogP contribution < -0.4 is 0 Å². The van der Waals surface area contributed by atoms with Crippen LogP contribution in [0, 0.1) is 0 Å². The second-order valence-electron chi connectivity index (χ2n) is 3.29. The minimum absolute atomic E-state index is 0.0657. The summed E-state index contributed by atoms with van der Waals surface area (Å²) in [4.78, 5) is 12.1. The summed E-state index contributed by atoms with van der Waals surface area (Å²) in [5, 5.41) is 0. The highest BCUT2D eigenvalue weighted by molar-refractivity contribution is 5.70. The summed E-state index contributed by atoms with van der Waals surface area (Å²) in [6.07, 6.45) is 1.34. The fourth-order valence-corrected chi connectivity index (χ4v) is 1.47. The maximum Gasteiger partial charge on any atom is 0.410 e. The van der Waals surface area contributed by atoms with E-state index < -0.39 is 24.5 Å². The van der Waals surface area contributed by atoms with Gasteiger partial charge in [-0.3, -0.25) is 4.90 Å². The molecular formula is C10H13F2NO2. The molecule has 3 nitrogen and oxygen atoms in total. The normalized spacial score (nSPS) is 21.3. The van der Waals surface area contributed by atoms with Crippen molar-refractivity contribution in [1.29, 1.82) is 0 Å². The van der Waals surface area contributed by atoms with Crippen LogP contribution in [0.3, 0.4) is 0 Å². The van der Waals surface area contributed by atoms with Crippen LogP contribution >= 0.6 is 0 Å². The Hall–Kier alpha value is -1.39. The van der Waals surface area contributed by atoms with Gasteiger partial charge in [0, 0.05) is 13.0 Å². The Bertz CT molecular complexity index is 279. The Balaban J connectivity index is 2.79. The van der Waals surface area contributed by atoms with E-state index in [-0.39, 0.29) is 13.2 Å². The summed E-state index contributed by atoms with van der Waals surface area (Å²) in [5.41, 5.74) is 0. The smallest absolute Gasteiger partial charge is 0.410 e. The lowest BCUT2D eigenvalue weighted by atomic mass is 10.1. The number of nitrogens with zero attached hydrogens (tertiary/aromatic N) is 1. The van der Waals surface area contributed by atoms with E-state index in [1.54, 1.807) is 0 Å². The molecule has 1 aliphatic heterocycles. The van der Waals surface area contributed by atoms with E-state index in [0.717, 1.165) is 11.0 Å². The zero-order valence-corrected chi connectivity index (χ0v) is 8.29. The Morgan fingerprint density at radius 1 is 1.53 bits per heavy atom. The van der Waals surface area contributed by atoms with Gasteiger partial charge >= 0.3 is 6.09 Å². The quantitative estimate of drug-likeness (QED) is 0.661. The van der Waals surface area contributed by atoms with Crippen LogP contribution in [-0.2, 0) is 4.74 Å². The van der Waals surface area contributed by atoms with Crippen molar-refractivity contribution in [3.8, 4) is 0 Å². The third-order valence-corrected chi connectivity index (χ3v) is 2.21. The minimum Gasteiger partial charge on any atom is -0.447 e. The first-order chi connectivity index (χ1) is 7.03. The molecule has 0 aromatic carbocycles. The van der Waals surface area contributed by atoms with Crippen molar-refractivity contribution in [2.45, 2.75) is 18.4 Å². The van der Waals surface area contributed by atoms with E-state index in [9.17, 15) is 13.6 Å². The predicted molar refractivity (Wildman–Crippen MR) is 51.8 cm³/mol. The van der Waals surface area contributed by atoms with E-state index in [0.29, 0.717) is 0 Å². The van der Waals surface area contributed by atoms with Crippen molar-refractivity contribution in [3.05, 3.63) is 25.3 Å². The summed E-state index contributed by atoms with van der Waals surface area (Å²) in [5.74, 6) is -3.00. The van der Waals surface area contributed by atoms with E-state index >= 15 is 0 Å². The molecule has 1 amide bonds. The fourth-order valence-electron chi connectivity index (χ4n) is 1.47. The van der Waals surface area contributed by atoms with Gasteiger partial charge in [0.25, 0.3) is 5.92 Å². The molecule has 0 spiro atoms. The standard InChI is InChI=1S/C10H13F2NO2/c1-3-5-10(11,12)8-7-15-9(14)13(8)6-4-2/h3-4,8H,1-2,5-7H2/t8-/m1/s1. The van der Waals surface area contributed by atoms with Gasteiger partial charge < -0.3 is 4.74 Å². The maximum atomic E-state index is 13.5. The van der Waals surface area contributed by atoms with Gasteiger partial charge in [-0.15, -0.1) is 13.2 Å². The summed E-state index contributed by atoms with van der Waals surface area (Å²) < 4.78 is 31.6. The Morgan fingerprint density at radius 3 is 2.73 bits per heavy atom. The molecule has 0 radical (unpaired) electrons. The maximum absolute atomic E-state index is 13.5. The molecule has 1 aliphatic rings. The monoisotopic (exact) mass is 217 g/mol. The lowest BCUT2D eigenvalue weighted by Crippen LogP contribution is -2.46. The number of hydrogen-bond donors (Lipinski definition) is 0. The molecule has 0 aliphatic carbocycles. The Labute approximate surface area is 87.0 Å². The van der Waals surface area contributed by atoms with E-state index in [2.05, 4.69) is 17.9 Å². The second kappa shape index (κ2) is 4.42. The lowest BCUT2D eigenvalue weighted by molar-refractivity contribution is -0.0562. The molecule has 1 atom stereocenters. The first-order valence-corrected chi connectivity index (χ1v) is 4.56. The van der Waals surface area contributed by atoms with Crippen molar-refractivity contribution in [3.63, 3.8) is 0 Å². The van der Waals surface area contributed by atoms with E-state index in [1.165, 1.54) is 6.08 Å². The molecule has 1 saturated heterocycles. The Morgan fingerprint density at radius 2 is 2.20 bits per heavy atom. The van der Waals surface area contributed by atoms with Crippen LogP contribution in [0.1, 0.15) is 6.42 Å². The number of halogens is 2. The van der Waals surface area contributed by atoms with Gasteiger partial charge in [-0.05, 0) is 0 Å². The zero-order chi connectivity index (χ0) is 11.5. The number of hydrogen-bond acceptors (Lipinski definition) is 2. The number of alkyl halides is 2. The van der Waals surface area contributed by atoms with Gasteiger partial charge in [0.15, 0.2) is 0 Å². The van der Waals surface area contributed by atoms with Gasteiger partial charge in [0.05, 0.1) is 0 Å². The molecule has 0 bridgehead atoms. The largest absolute Gasteiger partial charge is 0.447 e. The SMILES string of the molecule is C=CCN1C(=O)OC[C@@H]1C(F)(F)CC=C. The zero-order valence-electron chi connectivity index (χ0n) is 8.29. The van der Waals surface area contributed by atoms with Crippen LogP contribution in [0.4, 0.5) is 13.6 Å². The van der Waals surface area contributed by atoms with Gasteiger partial charge in [0.1, 0.15) is 12.6 Å². The Kier molecular flexibility index (Phi) is 3.44. The third-order valence-electron chi connectivity index (χ3n) is 2.21. The molecule has 15 heavy (non-hydrogen) atoms. The van der Waals surface area contributed by atoms with Crippen LogP contribution in [0.25, 0.3) is 0 Å². The topological polar surface area (TPSA) is 29.5 Å². The second-order valence-corrected chi connectivity index (χ2v) is 3.29. The van der Waals surface area contributed by atoms with Crippen molar-refractivity contribution < 1.29 is 18.3 Å². The van der Waals surface area contributed by atoms with E-state index in [4.69, 9.17) is 0 Å². The van der Waals surface area contributed by atoms with Crippen LogP contribution in [-0.4, -0.2) is 36.1 Å². The molecule has 0 N–H and O–H groups in total. The highest BCUT2D eigenvalue weighted by Gasteiger charge is 2.48. The summed E-state index contributed by atoms with van der Waals surface area (Å²) in [7, 11) is 0. The number of ether oxygens (including phenoxy) is 1. The van der Waals surface area contributed by atoms with Crippen LogP contribution in [0.15, 0.2) is 25.3 Å². The van der Waals surface area contributed by atoms with Gasteiger partial charge in [-0.25, -0.2) is 13.6 Å². The average Bonchev–Trinajstić information content (AvgIpc) is 2.49. The van der Waals surface area contributed by atoms with Crippen molar-refractivity contribution >= 4 is 6.09 Å². The molecule has 84 valence electrons. The predicted octanol–water partition coefficient (Wildman–Crippen LogP) is 2.20. The number of allylic oxidation sites excluding steroid dienone is 1.